The monoisotopic (exact) mass is 325 g/mol. The summed E-state index contributed by atoms with van der Waals surface area (Å²) < 4.78 is 13.0. The van der Waals surface area contributed by atoms with Gasteiger partial charge in [-0.25, -0.2) is 9.37 Å². The minimum atomic E-state index is -0.393. The van der Waals surface area contributed by atoms with Crippen molar-refractivity contribution in [3.63, 3.8) is 0 Å². The number of carbonyl (C=O) groups is 1. The van der Waals surface area contributed by atoms with E-state index in [9.17, 15) is 4.79 Å². The Hall–Kier alpha value is -1.27. The fourth-order valence-corrected chi connectivity index (χ4v) is 3.50. The van der Waals surface area contributed by atoms with E-state index < -0.39 is 5.97 Å². The normalized spacial score (nSPS) is 23.7. The molecule has 22 heavy (non-hydrogen) atoms. The van der Waals surface area contributed by atoms with Crippen LogP contribution < -0.4 is 0 Å². The van der Waals surface area contributed by atoms with Crippen LogP contribution in [0.3, 0.4) is 0 Å². The summed E-state index contributed by atoms with van der Waals surface area (Å²) in [5, 5.41) is 1.35. The van der Waals surface area contributed by atoms with E-state index in [1.807, 2.05) is 11.8 Å². The maximum absolute atomic E-state index is 10.9. The molecular formula is C16H25N2O3S+. The maximum Gasteiger partial charge on any atom is 0.330 e. The Kier molecular flexibility index (Phi) is 6.99. The number of piperidine rings is 1. The van der Waals surface area contributed by atoms with Crippen LogP contribution in [0.15, 0.2) is 23.8 Å². The van der Waals surface area contributed by atoms with Crippen molar-refractivity contribution in [2.24, 2.45) is 0 Å². The van der Waals surface area contributed by atoms with Crippen molar-refractivity contribution in [2.75, 3.05) is 45.6 Å². The quantitative estimate of drug-likeness (QED) is 0.320. The van der Waals surface area contributed by atoms with Crippen LogP contribution in [-0.4, -0.2) is 73.4 Å². The van der Waals surface area contributed by atoms with Crippen LogP contribution in [0.25, 0.3) is 0 Å². The third kappa shape index (κ3) is 5.50. The molecule has 2 aliphatic rings. The molecule has 2 heterocycles. The second-order valence-electron chi connectivity index (χ2n) is 5.40. The highest BCUT2D eigenvalue weighted by Crippen LogP contribution is 2.24. The van der Waals surface area contributed by atoms with Crippen LogP contribution in [0.5, 0.6) is 0 Å². The highest BCUT2D eigenvalue weighted by Gasteiger charge is 2.21. The number of ether oxygens (including phenoxy) is 2. The first kappa shape index (κ1) is 17.1. The largest absolute Gasteiger partial charge is 0.460 e. The first-order chi connectivity index (χ1) is 10.7. The van der Waals surface area contributed by atoms with Crippen molar-refractivity contribution in [1.29, 1.82) is 0 Å². The van der Waals surface area contributed by atoms with Gasteiger partial charge in [-0.3, -0.25) is 0 Å². The molecule has 0 N–H and O–H groups in total. The SMILES string of the molecule is C=CC(=O)OCCOC1CC[N+](=CC=C2SCCN2C)CC1. The zero-order valence-corrected chi connectivity index (χ0v) is 14.0. The summed E-state index contributed by atoms with van der Waals surface area (Å²) in [4.78, 5) is 13.2. The Labute approximate surface area is 136 Å². The molecule has 0 aromatic carbocycles. The van der Waals surface area contributed by atoms with E-state index >= 15 is 0 Å². The van der Waals surface area contributed by atoms with Crippen molar-refractivity contribution < 1.29 is 18.8 Å². The van der Waals surface area contributed by atoms with E-state index in [2.05, 4.69) is 35.4 Å². The summed E-state index contributed by atoms with van der Waals surface area (Å²) in [6.45, 7) is 7.26. The minimum Gasteiger partial charge on any atom is -0.460 e. The molecule has 2 aliphatic heterocycles. The van der Waals surface area contributed by atoms with E-state index in [1.54, 1.807) is 0 Å². The number of rotatable bonds is 6. The molecule has 6 heteroatoms. The van der Waals surface area contributed by atoms with Gasteiger partial charge < -0.3 is 14.4 Å². The van der Waals surface area contributed by atoms with Crippen molar-refractivity contribution in [2.45, 2.75) is 18.9 Å². The van der Waals surface area contributed by atoms with E-state index in [0.29, 0.717) is 13.2 Å². The predicted molar refractivity (Wildman–Crippen MR) is 89.4 cm³/mol. The Morgan fingerprint density at radius 2 is 2.23 bits per heavy atom. The van der Waals surface area contributed by atoms with E-state index in [4.69, 9.17) is 9.47 Å². The lowest BCUT2D eigenvalue weighted by molar-refractivity contribution is -0.537. The molecule has 0 unspecified atom stereocenters. The highest BCUT2D eigenvalue weighted by molar-refractivity contribution is 8.03. The molecular weight excluding hydrogens is 300 g/mol. The second-order valence-corrected chi connectivity index (χ2v) is 6.52. The fourth-order valence-electron chi connectivity index (χ4n) is 2.46. The number of esters is 1. The molecule has 0 spiro atoms. The lowest BCUT2D eigenvalue weighted by Gasteiger charge is -2.21. The van der Waals surface area contributed by atoms with Gasteiger partial charge in [0.05, 0.1) is 17.7 Å². The van der Waals surface area contributed by atoms with Gasteiger partial charge in [0.1, 0.15) is 19.7 Å². The van der Waals surface area contributed by atoms with Gasteiger partial charge >= 0.3 is 5.97 Å². The highest BCUT2D eigenvalue weighted by atomic mass is 32.2. The lowest BCUT2D eigenvalue weighted by Crippen LogP contribution is -2.32. The summed E-state index contributed by atoms with van der Waals surface area (Å²) in [6, 6.07) is 0. The van der Waals surface area contributed by atoms with Crippen LogP contribution in [0.1, 0.15) is 12.8 Å². The van der Waals surface area contributed by atoms with Gasteiger partial charge in [0.15, 0.2) is 6.21 Å². The second kappa shape index (κ2) is 9.00. The zero-order valence-electron chi connectivity index (χ0n) is 13.2. The predicted octanol–water partition coefficient (Wildman–Crippen LogP) is 1.50. The van der Waals surface area contributed by atoms with Crippen LogP contribution in [0.4, 0.5) is 0 Å². The van der Waals surface area contributed by atoms with E-state index in [1.165, 1.54) is 16.9 Å². The lowest BCUT2D eigenvalue weighted by atomic mass is 10.1. The van der Waals surface area contributed by atoms with Crippen molar-refractivity contribution >= 4 is 23.9 Å². The zero-order chi connectivity index (χ0) is 15.8. The number of allylic oxidation sites excluding steroid dienone is 1. The number of hydrogen-bond donors (Lipinski definition) is 0. The smallest absolute Gasteiger partial charge is 0.330 e. The summed E-state index contributed by atoms with van der Waals surface area (Å²) in [5.74, 6) is 0.790. The molecule has 0 bridgehead atoms. The van der Waals surface area contributed by atoms with Crippen LogP contribution >= 0.6 is 11.8 Å². The molecule has 0 aromatic heterocycles. The van der Waals surface area contributed by atoms with Gasteiger partial charge in [0.2, 0.25) is 0 Å². The molecule has 0 amide bonds. The maximum atomic E-state index is 10.9. The molecule has 2 fully saturated rings. The Morgan fingerprint density at radius 3 is 2.86 bits per heavy atom. The third-order valence-electron chi connectivity index (χ3n) is 3.81. The van der Waals surface area contributed by atoms with Gasteiger partial charge in [0, 0.05) is 44.3 Å². The molecule has 5 nitrogen and oxygen atoms in total. The average molecular weight is 325 g/mol. The molecule has 2 rings (SSSR count). The number of thioether (sulfide) groups is 1. The standard InChI is InChI=1S/C16H25N2O3S/c1-3-16(19)21-12-11-20-14-4-7-18(8-5-14)9-6-15-17(2)10-13-22-15/h3,6,9,14H,1,4-5,7-8,10-13H2,2H3/q+1. The summed E-state index contributed by atoms with van der Waals surface area (Å²) in [7, 11) is 2.14. The van der Waals surface area contributed by atoms with Crippen LogP contribution in [0.2, 0.25) is 0 Å². The molecule has 0 aromatic rings. The number of carbonyl (C=O) groups excluding carboxylic acids is 1. The average Bonchev–Trinajstić information content (AvgIpc) is 2.95. The number of hydrogen-bond acceptors (Lipinski definition) is 5. The summed E-state index contributed by atoms with van der Waals surface area (Å²) in [5.41, 5.74) is 0. The molecule has 0 saturated carbocycles. The minimum absolute atomic E-state index is 0.267. The van der Waals surface area contributed by atoms with E-state index in [0.717, 1.165) is 32.5 Å². The summed E-state index contributed by atoms with van der Waals surface area (Å²) in [6.07, 6.45) is 7.88. The Morgan fingerprint density at radius 1 is 1.45 bits per heavy atom. The number of nitrogens with zero attached hydrogens (tertiary/aromatic N) is 2. The Bertz CT molecular complexity index is 452. The van der Waals surface area contributed by atoms with Gasteiger partial charge in [-0.05, 0) is 0 Å². The van der Waals surface area contributed by atoms with Crippen LogP contribution in [0, 0.1) is 0 Å². The van der Waals surface area contributed by atoms with Gasteiger partial charge in [-0.15, -0.1) is 11.8 Å². The van der Waals surface area contributed by atoms with Gasteiger partial charge in [-0.2, -0.15) is 0 Å². The van der Waals surface area contributed by atoms with E-state index in [-0.39, 0.29) is 6.10 Å². The third-order valence-corrected chi connectivity index (χ3v) is 4.94. The van der Waals surface area contributed by atoms with Crippen molar-refractivity contribution in [1.82, 2.24) is 4.90 Å². The molecule has 0 aliphatic carbocycles. The molecule has 122 valence electrons. The first-order valence-electron chi connectivity index (χ1n) is 7.73. The van der Waals surface area contributed by atoms with Crippen LogP contribution in [-0.2, 0) is 14.3 Å². The molecule has 0 radical (unpaired) electrons. The first-order valence-corrected chi connectivity index (χ1v) is 8.71. The van der Waals surface area contributed by atoms with Crippen molar-refractivity contribution in [3.8, 4) is 0 Å². The molecule has 0 atom stereocenters. The molecule has 2 saturated heterocycles. The fraction of sp³-hybridized carbons (Fsp3) is 0.625. The van der Waals surface area contributed by atoms with Gasteiger partial charge in [0.25, 0.3) is 0 Å². The Balaban J connectivity index is 1.65. The van der Waals surface area contributed by atoms with Gasteiger partial charge in [-0.1, -0.05) is 6.58 Å². The van der Waals surface area contributed by atoms with Crippen molar-refractivity contribution in [3.05, 3.63) is 23.8 Å². The summed E-state index contributed by atoms with van der Waals surface area (Å²) >= 11 is 1.91. The topological polar surface area (TPSA) is 41.8 Å².